The van der Waals surface area contributed by atoms with E-state index in [-0.39, 0.29) is 12.2 Å². The third kappa shape index (κ3) is 1.18. The van der Waals surface area contributed by atoms with Crippen molar-refractivity contribution in [2.75, 3.05) is 0 Å². The number of ketones is 1. The first kappa shape index (κ1) is 12.5. The molecule has 4 heterocycles. The minimum atomic E-state index is -1.45. The van der Waals surface area contributed by atoms with Gasteiger partial charge >= 0.3 is 0 Å². The second-order valence-corrected chi connectivity index (χ2v) is 6.06. The van der Waals surface area contributed by atoms with Gasteiger partial charge in [0.25, 0.3) is 0 Å². The molecule has 4 aliphatic rings. The number of carbonyl (C=O) groups excluding carboxylic acids is 1. The Labute approximate surface area is 105 Å². The third-order valence-electron chi connectivity index (χ3n) is 4.37. The molecule has 0 spiro atoms. The van der Waals surface area contributed by atoms with Crippen molar-refractivity contribution < 1.29 is 28.8 Å². The van der Waals surface area contributed by atoms with Crippen molar-refractivity contribution in [1.82, 2.24) is 0 Å². The lowest BCUT2D eigenvalue weighted by Gasteiger charge is -2.43. The number of rotatable bonds is 0. The van der Waals surface area contributed by atoms with Gasteiger partial charge in [-0.15, -0.1) is 0 Å². The highest BCUT2D eigenvalue weighted by Gasteiger charge is 2.77. The molecular formula is C12H18O6. The number of hydrogen-bond acceptors (Lipinski definition) is 6. The zero-order valence-corrected chi connectivity index (χ0v) is 11.2. The van der Waals surface area contributed by atoms with E-state index in [1.807, 2.05) is 0 Å². The molecule has 102 valence electrons. The first-order chi connectivity index (χ1) is 7.96. The van der Waals surface area contributed by atoms with Crippen LogP contribution in [0.2, 0.25) is 0 Å². The lowest BCUT2D eigenvalue weighted by molar-refractivity contribution is -0.364. The Morgan fingerprint density at radius 3 is 1.78 bits per heavy atom. The van der Waals surface area contributed by atoms with E-state index in [1.54, 1.807) is 20.8 Å². The predicted molar refractivity (Wildman–Crippen MR) is 58.2 cm³/mol. The van der Waals surface area contributed by atoms with Crippen LogP contribution in [0.1, 0.15) is 41.0 Å². The molecule has 0 aromatic rings. The van der Waals surface area contributed by atoms with Gasteiger partial charge in [-0.2, -0.15) is 0 Å². The normalized spacial score (nSPS) is 63.1. The van der Waals surface area contributed by atoms with Crippen LogP contribution in [0.15, 0.2) is 0 Å². The first-order valence-electron chi connectivity index (χ1n) is 6.02. The fourth-order valence-corrected chi connectivity index (χ4v) is 2.91. The van der Waals surface area contributed by atoms with Gasteiger partial charge in [0, 0.05) is 6.42 Å². The van der Waals surface area contributed by atoms with Crippen LogP contribution in [-0.4, -0.2) is 39.6 Å². The van der Waals surface area contributed by atoms with E-state index in [9.17, 15) is 9.90 Å². The molecule has 0 amide bonds. The molecule has 4 fully saturated rings. The van der Waals surface area contributed by atoms with Crippen molar-refractivity contribution in [3.05, 3.63) is 0 Å². The number of fused-ring (bicyclic) bond motifs is 2. The monoisotopic (exact) mass is 258 g/mol. The molecule has 6 nitrogen and oxygen atoms in total. The van der Waals surface area contributed by atoms with Gasteiger partial charge in [0.2, 0.25) is 23.1 Å². The Bertz CT molecular complexity index is 424. The van der Waals surface area contributed by atoms with Crippen molar-refractivity contribution in [2.24, 2.45) is 0 Å². The molecule has 4 aliphatic heterocycles. The lowest BCUT2D eigenvalue weighted by Crippen LogP contribution is -2.59. The predicted octanol–water partition coefficient (Wildman–Crippen LogP) is 0.669. The Balaban J connectivity index is 2.19. The molecule has 0 aromatic carbocycles. The van der Waals surface area contributed by atoms with Crippen LogP contribution < -0.4 is 0 Å². The minimum absolute atomic E-state index is 0.161. The maximum Gasteiger partial charge on any atom is 0.231 e. The maximum atomic E-state index is 12.2. The summed E-state index contributed by atoms with van der Waals surface area (Å²) >= 11 is 0. The van der Waals surface area contributed by atoms with Gasteiger partial charge in [-0.05, 0) is 34.6 Å². The molecule has 4 saturated heterocycles. The van der Waals surface area contributed by atoms with Gasteiger partial charge in [0.1, 0.15) is 5.60 Å². The first-order valence-corrected chi connectivity index (χ1v) is 6.02. The summed E-state index contributed by atoms with van der Waals surface area (Å²) in [5.74, 6) is -5.57. The van der Waals surface area contributed by atoms with Gasteiger partial charge in [-0.1, -0.05) is 0 Å². The summed E-state index contributed by atoms with van der Waals surface area (Å²) in [5.41, 5.74) is -1.45. The highest BCUT2D eigenvalue weighted by Crippen LogP contribution is 2.59. The molecule has 3 atom stereocenters. The van der Waals surface area contributed by atoms with Gasteiger partial charge in [-0.3, -0.25) is 4.79 Å². The Hall–Kier alpha value is -0.530. The summed E-state index contributed by atoms with van der Waals surface area (Å²) in [6.45, 7) is 7.94. The van der Waals surface area contributed by atoms with Gasteiger partial charge in [-0.25, -0.2) is 0 Å². The van der Waals surface area contributed by atoms with Gasteiger partial charge in [0.05, 0.1) is 0 Å². The van der Waals surface area contributed by atoms with E-state index in [2.05, 4.69) is 0 Å². The van der Waals surface area contributed by atoms with E-state index in [0.29, 0.717) is 0 Å². The Morgan fingerprint density at radius 1 is 0.889 bits per heavy atom. The highest BCUT2D eigenvalue weighted by atomic mass is 17.0. The second-order valence-electron chi connectivity index (χ2n) is 6.06. The van der Waals surface area contributed by atoms with Gasteiger partial charge in [0.15, 0.2) is 5.78 Å². The van der Waals surface area contributed by atoms with Crippen molar-refractivity contribution in [2.45, 2.75) is 69.8 Å². The van der Waals surface area contributed by atoms with Crippen molar-refractivity contribution in [3.63, 3.8) is 0 Å². The molecule has 0 aromatic heterocycles. The highest BCUT2D eigenvalue weighted by molar-refractivity contribution is 5.87. The number of Topliss-reactive ketones (excluding diaryl/α,β-unsaturated/α-hetero) is 1. The zero-order valence-electron chi connectivity index (χ0n) is 11.2. The van der Waals surface area contributed by atoms with E-state index >= 15 is 0 Å². The van der Waals surface area contributed by atoms with Crippen LogP contribution >= 0.6 is 0 Å². The number of carbonyl (C=O) groups is 1. The summed E-state index contributed by atoms with van der Waals surface area (Å²) in [6, 6.07) is 0. The van der Waals surface area contributed by atoms with E-state index in [4.69, 9.17) is 18.9 Å². The van der Waals surface area contributed by atoms with Crippen LogP contribution in [0, 0.1) is 0 Å². The molecule has 6 heteroatoms. The number of hydrogen-bond donors (Lipinski definition) is 1. The second kappa shape index (κ2) is 2.81. The summed E-state index contributed by atoms with van der Waals surface area (Å²) < 4.78 is 22.9. The Morgan fingerprint density at radius 2 is 1.33 bits per heavy atom. The van der Waals surface area contributed by atoms with Crippen molar-refractivity contribution in [1.29, 1.82) is 0 Å². The standard InChI is InChI=1S/C12H18O6/c1-8(14)6-7(13)9(2)15-11(4)12(5,16-9)18-10(8,3)17-11/h14H,6H2,1-5H3. The SMILES string of the molecule is CC12OC3(C)OC(C)(OC3(C)O1)C(C)(O)CC2=O. The molecule has 0 aliphatic carbocycles. The molecule has 1 N–H and O–H groups in total. The number of ether oxygens (including phenoxy) is 4. The largest absolute Gasteiger partial charge is 0.384 e. The maximum absolute atomic E-state index is 12.2. The summed E-state index contributed by atoms with van der Waals surface area (Å²) in [5, 5.41) is 10.5. The van der Waals surface area contributed by atoms with Crippen LogP contribution in [0.5, 0.6) is 0 Å². The zero-order chi connectivity index (χ0) is 13.6. The quantitative estimate of drug-likeness (QED) is 0.688. The topological polar surface area (TPSA) is 74.2 Å². The lowest BCUT2D eigenvalue weighted by atomic mass is 9.88. The Kier molecular flexibility index (Phi) is 1.95. The fraction of sp³-hybridized carbons (Fsp3) is 0.917. The number of aliphatic hydroxyl groups is 1. The molecule has 0 saturated carbocycles. The van der Waals surface area contributed by atoms with Crippen LogP contribution in [0.3, 0.4) is 0 Å². The van der Waals surface area contributed by atoms with Crippen molar-refractivity contribution >= 4 is 5.78 Å². The summed E-state index contributed by atoms with van der Waals surface area (Å²) in [6.07, 6.45) is -0.161. The van der Waals surface area contributed by atoms with Crippen LogP contribution in [0.4, 0.5) is 0 Å². The smallest absolute Gasteiger partial charge is 0.231 e. The molecule has 4 bridgehead atoms. The van der Waals surface area contributed by atoms with E-state index < -0.39 is 28.7 Å². The van der Waals surface area contributed by atoms with Crippen LogP contribution in [-0.2, 0) is 23.7 Å². The average molecular weight is 258 g/mol. The van der Waals surface area contributed by atoms with Gasteiger partial charge < -0.3 is 24.1 Å². The van der Waals surface area contributed by atoms with Crippen molar-refractivity contribution in [3.8, 4) is 0 Å². The van der Waals surface area contributed by atoms with Crippen LogP contribution in [0.25, 0.3) is 0 Å². The molecule has 3 unspecified atom stereocenters. The third-order valence-corrected chi connectivity index (χ3v) is 4.37. The fourth-order valence-electron chi connectivity index (χ4n) is 2.91. The van der Waals surface area contributed by atoms with E-state index in [0.717, 1.165) is 0 Å². The molecular weight excluding hydrogens is 240 g/mol. The molecule has 4 rings (SSSR count). The molecule has 18 heavy (non-hydrogen) atoms. The average Bonchev–Trinajstić information content (AvgIpc) is 2.42. The van der Waals surface area contributed by atoms with E-state index in [1.165, 1.54) is 13.8 Å². The molecule has 0 radical (unpaired) electrons. The summed E-state index contributed by atoms with van der Waals surface area (Å²) in [7, 11) is 0. The minimum Gasteiger partial charge on any atom is -0.384 e. The summed E-state index contributed by atoms with van der Waals surface area (Å²) in [4.78, 5) is 12.2.